The molecule has 1 amide bonds. The summed E-state index contributed by atoms with van der Waals surface area (Å²) in [5.41, 5.74) is 2.40. The molecule has 29 heavy (non-hydrogen) atoms. The topological polar surface area (TPSA) is 60.9 Å². The fraction of sp³-hybridized carbons (Fsp3) is 0.350. The minimum absolute atomic E-state index is 0.260. The molecule has 1 aliphatic rings. The van der Waals surface area contributed by atoms with Crippen molar-refractivity contribution in [2.24, 2.45) is 0 Å². The molecule has 0 spiro atoms. The van der Waals surface area contributed by atoms with Gasteiger partial charge in [-0.15, -0.1) is 0 Å². The summed E-state index contributed by atoms with van der Waals surface area (Å²) >= 11 is 6.11. The fourth-order valence-corrected chi connectivity index (χ4v) is 4.37. The van der Waals surface area contributed by atoms with E-state index in [1.54, 1.807) is 4.90 Å². The first-order valence-electron chi connectivity index (χ1n) is 9.17. The molecule has 6 nitrogen and oxygen atoms in total. The van der Waals surface area contributed by atoms with Crippen molar-refractivity contribution in [1.82, 2.24) is 4.90 Å². The average Bonchev–Trinajstić information content (AvgIpc) is 2.68. The predicted molar refractivity (Wildman–Crippen MR) is 114 cm³/mol. The molecule has 1 aliphatic heterocycles. The highest BCUT2D eigenvalue weighted by Gasteiger charge is 2.27. The maximum atomic E-state index is 13.2. The summed E-state index contributed by atoms with van der Waals surface area (Å²) in [5.74, 6) is -0.761. The van der Waals surface area contributed by atoms with Crippen molar-refractivity contribution in [1.29, 1.82) is 0 Å². The van der Waals surface area contributed by atoms with Crippen LogP contribution in [-0.2, 0) is 14.8 Å². The Labute approximate surface area is 175 Å². The molecule has 0 bridgehead atoms. The number of piperazine rings is 1. The zero-order valence-electron chi connectivity index (χ0n) is 16.3. The van der Waals surface area contributed by atoms with Crippen LogP contribution in [0.1, 0.15) is 5.56 Å². The number of carbonyl (C=O) groups is 1. The van der Waals surface area contributed by atoms with Crippen molar-refractivity contribution in [3.8, 4) is 0 Å². The second kappa shape index (κ2) is 8.59. The lowest BCUT2D eigenvalue weighted by molar-refractivity contribution is -0.129. The van der Waals surface area contributed by atoms with E-state index in [1.165, 1.54) is 24.3 Å². The van der Waals surface area contributed by atoms with E-state index < -0.39 is 15.8 Å². The lowest BCUT2D eigenvalue weighted by Gasteiger charge is -2.37. The van der Waals surface area contributed by atoms with Crippen molar-refractivity contribution in [2.45, 2.75) is 6.92 Å². The van der Waals surface area contributed by atoms with Gasteiger partial charge < -0.3 is 9.80 Å². The number of nitrogens with zero attached hydrogens (tertiary/aromatic N) is 3. The van der Waals surface area contributed by atoms with Crippen LogP contribution in [0.25, 0.3) is 0 Å². The monoisotopic (exact) mass is 439 g/mol. The number of rotatable bonds is 5. The molecule has 0 aromatic heterocycles. The Morgan fingerprint density at radius 2 is 1.72 bits per heavy atom. The number of benzene rings is 2. The number of aryl methyl sites for hydroxylation is 1. The molecule has 0 N–H and O–H groups in total. The zero-order chi connectivity index (χ0) is 21.2. The smallest absolute Gasteiger partial charge is 0.243 e. The van der Waals surface area contributed by atoms with Crippen LogP contribution in [0.2, 0.25) is 5.02 Å². The average molecular weight is 440 g/mol. The maximum absolute atomic E-state index is 13.2. The Morgan fingerprint density at radius 1 is 1.10 bits per heavy atom. The van der Waals surface area contributed by atoms with Gasteiger partial charge in [-0.3, -0.25) is 9.10 Å². The second-order valence-electron chi connectivity index (χ2n) is 7.04. The molecule has 0 unspecified atom stereocenters. The predicted octanol–water partition coefficient (Wildman–Crippen LogP) is 2.90. The maximum Gasteiger partial charge on any atom is 0.243 e. The van der Waals surface area contributed by atoms with Crippen LogP contribution in [0.4, 0.5) is 15.8 Å². The van der Waals surface area contributed by atoms with Gasteiger partial charge in [0, 0.05) is 36.9 Å². The Morgan fingerprint density at radius 3 is 2.31 bits per heavy atom. The fourth-order valence-electron chi connectivity index (χ4n) is 3.35. The summed E-state index contributed by atoms with van der Waals surface area (Å²) in [7, 11) is -3.69. The van der Waals surface area contributed by atoms with E-state index in [-0.39, 0.29) is 18.1 Å². The quantitative estimate of drug-likeness (QED) is 0.718. The Kier molecular flexibility index (Phi) is 6.33. The highest BCUT2D eigenvalue weighted by atomic mass is 35.5. The van der Waals surface area contributed by atoms with Crippen LogP contribution in [0.3, 0.4) is 0 Å². The van der Waals surface area contributed by atoms with Gasteiger partial charge in [0.2, 0.25) is 15.9 Å². The van der Waals surface area contributed by atoms with Gasteiger partial charge in [-0.2, -0.15) is 0 Å². The SMILES string of the molecule is Cc1ccc(Cl)cc1N1CCN(C(=O)CN(c2ccc(F)cc2)S(C)(=O)=O)CC1. The minimum Gasteiger partial charge on any atom is -0.368 e. The van der Waals surface area contributed by atoms with E-state index >= 15 is 0 Å². The number of sulfonamides is 1. The van der Waals surface area contributed by atoms with Gasteiger partial charge in [0.1, 0.15) is 12.4 Å². The first-order chi connectivity index (χ1) is 13.6. The first kappa shape index (κ1) is 21.4. The van der Waals surface area contributed by atoms with E-state index in [4.69, 9.17) is 11.6 Å². The van der Waals surface area contributed by atoms with Crippen LogP contribution in [-0.4, -0.2) is 58.2 Å². The molecular weight excluding hydrogens is 417 g/mol. The van der Waals surface area contributed by atoms with Gasteiger partial charge in [-0.05, 0) is 48.9 Å². The molecule has 156 valence electrons. The number of carbonyl (C=O) groups excluding carboxylic acids is 1. The van der Waals surface area contributed by atoms with Gasteiger partial charge >= 0.3 is 0 Å². The largest absolute Gasteiger partial charge is 0.368 e. The molecule has 3 rings (SSSR count). The van der Waals surface area contributed by atoms with Crippen molar-refractivity contribution in [2.75, 3.05) is 48.2 Å². The summed E-state index contributed by atoms with van der Waals surface area (Å²) in [6.45, 7) is 3.90. The first-order valence-corrected chi connectivity index (χ1v) is 11.4. The summed E-state index contributed by atoms with van der Waals surface area (Å²) in [4.78, 5) is 16.6. The third-order valence-corrected chi connectivity index (χ3v) is 6.31. The standard InChI is InChI=1S/C20H23ClFN3O3S/c1-15-3-4-16(21)13-19(15)23-9-11-24(12-10-23)20(26)14-25(29(2,27)28)18-7-5-17(22)6-8-18/h3-8,13H,9-12,14H2,1-2H3. The molecule has 1 fully saturated rings. The Bertz CT molecular complexity index is 991. The van der Waals surface area contributed by atoms with E-state index in [0.717, 1.165) is 21.8 Å². The third-order valence-electron chi connectivity index (χ3n) is 4.94. The number of amides is 1. The molecule has 0 radical (unpaired) electrons. The van der Waals surface area contributed by atoms with Gasteiger partial charge in [0.05, 0.1) is 11.9 Å². The number of halogens is 2. The molecule has 1 heterocycles. The van der Waals surface area contributed by atoms with E-state index in [9.17, 15) is 17.6 Å². The van der Waals surface area contributed by atoms with Crippen LogP contribution >= 0.6 is 11.6 Å². The number of hydrogen-bond donors (Lipinski definition) is 0. The lowest BCUT2D eigenvalue weighted by Crippen LogP contribution is -2.52. The summed E-state index contributed by atoms with van der Waals surface area (Å²) < 4.78 is 38.5. The Balaban J connectivity index is 1.68. The summed E-state index contributed by atoms with van der Waals surface area (Å²) in [6.07, 6.45) is 1.03. The third kappa shape index (κ3) is 5.19. The normalized spacial score (nSPS) is 14.8. The van der Waals surface area contributed by atoms with E-state index in [0.29, 0.717) is 31.2 Å². The van der Waals surface area contributed by atoms with Gasteiger partial charge in [0.25, 0.3) is 0 Å². The highest BCUT2D eigenvalue weighted by Crippen LogP contribution is 2.25. The summed E-state index contributed by atoms with van der Waals surface area (Å²) in [6, 6.07) is 10.8. The minimum atomic E-state index is -3.69. The van der Waals surface area contributed by atoms with Gasteiger partial charge in [-0.1, -0.05) is 17.7 Å². The van der Waals surface area contributed by atoms with Crippen LogP contribution in [0, 0.1) is 12.7 Å². The molecule has 0 saturated carbocycles. The molecule has 1 saturated heterocycles. The zero-order valence-corrected chi connectivity index (χ0v) is 17.9. The Hall–Kier alpha value is -2.32. The van der Waals surface area contributed by atoms with Crippen molar-refractivity contribution >= 4 is 38.9 Å². The van der Waals surface area contributed by atoms with Crippen LogP contribution < -0.4 is 9.21 Å². The molecule has 2 aromatic carbocycles. The van der Waals surface area contributed by atoms with Gasteiger partial charge in [0.15, 0.2) is 0 Å². The lowest BCUT2D eigenvalue weighted by atomic mass is 10.1. The van der Waals surface area contributed by atoms with Crippen molar-refractivity contribution in [3.63, 3.8) is 0 Å². The molecule has 9 heteroatoms. The second-order valence-corrected chi connectivity index (χ2v) is 9.39. The van der Waals surface area contributed by atoms with Crippen LogP contribution in [0.5, 0.6) is 0 Å². The van der Waals surface area contributed by atoms with E-state index in [1.807, 2.05) is 25.1 Å². The molecule has 0 aliphatic carbocycles. The van der Waals surface area contributed by atoms with E-state index in [2.05, 4.69) is 4.90 Å². The number of hydrogen-bond acceptors (Lipinski definition) is 4. The van der Waals surface area contributed by atoms with Crippen molar-refractivity contribution in [3.05, 3.63) is 58.9 Å². The number of anilines is 2. The molecular formula is C20H23ClFN3O3S. The van der Waals surface area contributed by atoms with Crippen LogP contribution in [0.15, 0.2) is 42.5 Å². The summed E-state index contributed by atoms with van der Waals surface area (Å²) in [5, 5.41) is 0.659. The molecule has 2 aromatic rings. The van der Waals surface area contributed by atoms with Crippen molar-refractivity contribution < 1.29 is 17.6 Å². The van der Waals surface area contributed by atoms with Gasteiger partial charge in [-0.25, -0.2) is 12.8 Å². The highest BCUT2D eigenvalue weighted by molar-refractivity contribution is 7.92. The molecule has 0 atom stereocenters.